The predicted octanol–water partition coefficient (Wildman–Crippen LogP) is 6.90. The SMILES string of the molecule is CCOc1cc(-c2nc3sc4c(c3c(=O)[nH]2)CCCC4)ccc1OCCOc1ccc([C@H](C)CC)cc1. The molecule has 0 spiro atoms. The van der Waals surface area contributed by atoms with Gasteiger partial charge in [0.1, 0.15) is 29.6 Å². The van der Waals surface area contributed by atoms with Gasteiger partial charge in [0.25, 0.3) is 5.56 Å². The fourth-order valence-corrected chi connectivity index (χ4v) is 6.04. The molecule has 194 valence electrons. The molecule has 0 bridgehead atoms. The summed E-state index contributed by atoms with van der Waals surface area (Å²) in [6.07, 6.45) is 5.44. The van der Waals surface area contributed by atoms with Crippen molar-refractivity contribution in [2.45, 2.75) is 58.8 Å². The molecule has 1 atom stereocenters. The number of nitrogens with one attached hydrogen (secondary N) is 1. The average Bonchev–Trinajstić information content (AvgIpc) is 3.31. The lowest BCUT2D eigenvalue weighted by Gasteiger charge is -2.14. The lowest BCUT2D eigenvalue weighted by molar-refractivity contribution is 0.208. The first kappa shape index (κ1) is 25.3. The summed E-state index contributed by atoms with van der Waals surface area (Å²) in [7, 11) is 0. The van der Waals surface area contributed by atoms with E-state index >= 15 is 0 Å². The van der Waals surface area contributed by atoms with Crippen molar-refractivity contribution in [2.75, 3.05) is 19.8 Å². The molecule has 2 aromatic carbocycles. The fraction of sp³-hybridized carbons (Fsp3) is 0.400. The van der Waals surface area contributed by atoms with Crippen LogP contribution in [0.3, 0.4) is 0 Å². The van der Waals surface area contributed by atoms with Crippen LogP contribution in [0.15, 0.2) is 47.3 Å². The van der Waals surface area contributed by atoms with E-state index in [1.807, 2.05) is 37.3 Å². The highest BCUT2D eigenvalue weighted by molar-refractivity contribution is 7.18. The Hall–Kier alpha value is -3.32. The molecule has 2 heterocycles. The Kier molecular flexibility index (Phi) is 7.79. The quantitative estimate of drug-likeness (QED) is 0.231. The summed E-state index contributed by atoms with van der Waals surface area (Å²) in [6, 6.07) is 13.9. The Morgan fingerprint density at radius 3 is 2.54 bits per heavy atom. The Balaban J connectivity index is 1.28. The molecule has 1 N–H and O–H groups in total. The monoisotopic (exact) mass is 518 g/mol. The van der Waals surface area contributed by atoms with Gasteiger partial charge in [-0.1, -0.05) is 26.0 Å². The van der Waals surface area contributed by atoms with Crippen LogP contribution in [0.1, 0.15) is 62.0 Å². The first-order valence-electron chi connectivity index (χ1n) is 13.2. The van der Waals surface area contributed by atoms with Crippen LogP contribution in [-0.4, -0.2) is 29.8 Å². The minimum Gasteiger partial charge on any atom is -0.490 e. The Morgan fingerprint density at radius 1 is 0.973 bits per heavy atom. The van der Waals surface area contributed by atoms with Crippen LogP contribution in [0.5, 0.6) is 17.2 Å². The highest BCUT2D eigenvalue weighted by atomic mass is 32.1. The normalized spacial score (nSPS) is 13.8. The number of H-pyrrole nitrogens is 1. The maximum absolute atomic E-state index is 13.0. The molecule has 6 nitrogen and oxygen atoms in total. The van der Waals surface area contributed by atoms with Crippen LogP contribution in [0.25, 0.3) is 21.6 Å². The van der Waals surface area contributed by atoms with Crippen molar-refractivity contribution in [1.82, 2.24) is 9.97 Å². The number of aryl methyl sites for hydroxylation is 2. The maximum atomic E-state index is 13.0. The van der Waals surface area contributed by atoms with E-state index < -0.39 is 0 Å². The number of aromatic amines is 1. The minimum absolute atomic E-state index is 0.0629. The minimum atomic E-state index is -0.0629. The summed E-state index contributed by atoms with van der Waals surface area (Å²) >= 11 is 1.65. The third kappa shape index (κ3) is 5.52. The van der Waals surface area contributed by atoms with E-state index in [9.17, 15) is 4.79 Å². The molecule has 0 saturated heterocycles. The zero-order valence-electron chi connectivity index (χ0n) is 21.8. The molecule has 7 heteroatoms. The number of fused-ring (bicyclic) bond motifs is 3. The van der Waals surface area contributed by atoms with Gasteiger partial charge in [-0.15, -0.1) is 11.3 Å². The molecule has 0 amide bonds. The van der Waals surface area contributed by atoms with Gasteiger partial charge in [-0.2, -0.15) is 0 Å². The van der Waals surface area contributed by atoms with Gasteiger partial charge in [-0.25, -0.2) is 4.98 Å². The number of hydrogen-bond acceptors (Lipinski definition) is 6. The van der Waals surface area contributed by atoms with Gasteiger partial charge in [-0.05, 0) is 86.4 Å². The van der Waals surface area contributed by atoms with Gasteiger partial charge in [-0.3, -0.25) is 4.79 Å². The number of nitrogens with zero attached hydrogens (tertiary/aromatic N) is 1. The average molecular weight is 519 g/mol. The van der Waals surface area contributed by atoms with Crippen molar-refractivity contribution < 1.29 is 14.2 Å². The van der Waals surface area contributed by atoms with Crippen LogP contribution in [-0.2, 0) is 12.8 Å². The molecule has 0 fully saturated rings. The summed E-state index contributed by atoms with van der Waals surface area (Å²) in [6.45, 7) is 7.66. The van der Waals surface area contributed by atoms with Crippen molar-refractivity contribution in [3.8, 4) is 28.6 Å². The third-order valence-electron chi connectivity index (χ3n) is 7.01. The van der Waals surface area contributed by atoms with Gasteiger partial charge < -0.3 is 19.2 Å². The van der Waals surface area contributed by atoms with E-state index in [-0.39, 0.29) is 5.56 Å². The largest absolute Gasteiger partial charge is 0.490 e. The molecule has 0 aliphatic heterocycles. The molecule has 5 rings (SSSR count). The highest BCUT2D eigenvalue weighted by Crippen LogP contribution is 2.36. The van der Waals surface area contributed by atoms with Crippen LogP contribution < -0.4 is 19.8 Å². The standard InChI is InChI=1S/C30H34N2O4S/c1-4-19(3)20-10-13-22(14-11-20)35-16-17-36-24-15-12-21(18-25(24)34-5-2)28-31-29(33)27-23-8-6-7-9-26(23)37-30(27)32-28/h10-15,18-19H,4-9,16-17H2,1-3H3,(H,31,32,33)/t19-/m1/s1. The second-order valence-electron chi connectivity index (χ2n) is 9.48. The number of ether oxygens (including phenoxy) is 3. The summed E-state index contributed by atoms with van der Waals surface area (Å²) in [5.41, 5.74) is 3.24. The van der Waals surface area contributed by atoms with Crippen molar-refractivity contribution in [1.29, 1.82) is 0 Å². The summed E-state index contributed by atoms with van der Waals surface area (Å²) in [4.78, 5) is 22.9. The second-order valence-corrected chi connectivity index (χ2v) is 10.6. The molecule has 0 saturated carbocycles. The molecular formula is C30H34N2O4S. The molecule has 1 aliphatic rings. The van der Waals surface area contributed by atoms with Gasteiger partial charge in [0.2, 0.25) is 0 Å². The van der Waals surface area contributed by atoms with E-state index in [4.69, 9.17) is 19.2 Å². The van der Waals surface area contributed by atoms with Crippen LogP contribution in [0.4, 0.5) is 0 Å². The zero-order valence-corrected chi connectivity index (χ0v) is 22.6. The lowest BCUT2D eigenvalue weighted by atomic mass is 9.97. The van der Waals surface area contributed by atoms with Gasteiger partial charge in [0, 0.05) is 10.4 Å². The van der Waals surface area contributed by atoms with E-state index in [1.165, 1.54) is 22.4 Å². The topological polar surface area (TPSA) is 73.4 Å². The Labute approximate surface area is 221 Å². The van der Waals surface area contributed by atoms with Crippen LogP contribution in [0.2, 0.25) is 0 Å². The maximum Gasteiger partial charge on any atom is 0.260 e. The molecule has 1 aliphatic carbocycles. The number of thiophene rings is 1. The summed E-state index contributed by atoms with van der Waals surface area (Å²) in [5.74, 6) is 3.18. The van der Waals surface area contributed by atoms with E-state index in [2.05, 4.69) is 31.0 Å². The number of aromatic nitrogens is 2. The number of rotatable bonds is 10. The predicted molar refractivity (Wildman–Crippen MR) is 150 cm³/mol. The molecule has 4 aromatic rings. The summed E-state index contributed by atoms with van der Waals surface area (Å²) < 4.78 is 17.7. The fourth-order valence-electron chi connectivity index (χ4n) is 4.78. The van der Waals surface area contributed by atoms with Crippen molar-refractivity contribution in [2.24, 2.45) is 0 Å². The van der Waals surface area contributed by atoms with Crippen LogP contribution >= 0.6 is 11.3 Å². The molecule has 2 aromatic heterocycles. The number of benzene rings is 2. The molecule has 37 heavy (non-hydrogen) atoms. The molecule has 0 unspecified atom stereocenters. The first-order chi connectivity index (χ1) is 18.1. The van der Waals surface area contributed by atoms with E-state index in [0.717, 1.165) is 47.2 Å². The first-order valence-corrected chi connectivity index (χ1v) is 14.1. The Morgan fingerprint density at radius 2 is 1.76 bits per heavy atom. The van der Waals surface area contributed by atoms with Crippen LogP contribution in [0, 0.1) is 0 Å². The second kappa shape index (κ2) is 11.4. The molecule has 0 radical (unpaired) electrons. The summed E-state index contributed by atoms with van der Waals surface area (Å²) in [5, 5.41) is 0.767. The van der Waals surface area contributed by atoms with Gasteiger partial charge in [0.15, 0.2) is 11.5 Å². The lowest BCUT2D eigenvalue weighted by Crippen LogP contribution is -2.11. The van der Waals surface area contributed by atoms with Crippen molar-refractivity contribution >= 4 is 21.6 Å². The van der Waals surface area contributed by atoms with Crippen molar-refractivity contribution in [3.05, 3.63) is 68.8 Å². The van der Waals surface area contributed by atoms with Gasteiger partial charge in [0.05, 0.1) is 12.0 Å². The number of hydrogen-bond donors (Lipinski definition) is 1. The molecular weight excluding hydrogens is 484 g/mol. The van der Waals surface area contributed by atoms with E-state index in [1.54, 1.807) is 11.3 Å². The van der Waals surface area contributed by atoms with E-state index in [0.29, 0.717) is 43.1 Å². The zero-order chi connectivity index (χ0) is 25.8. The Bertz CT molecular complexity index is 1420. The third-order valence-corrected chi connectivity index (χ3v) is 8.20. The van der Waals surface area contributed by atoms with Crippen molar-refractivity contribution in [3.63, 3.8) is 0 Å². The smallest absolute Gasteiger partial charge is 0.260 e. The van der Waals surface area contributed by atoms with Gasteiger partial charge >= 0.3 is 0 Å². The highest BCUT2D eigenvalue weighted by Gasteiger charge is 2.20.